The zero-order chi connectivity index (χ0) is 11.6. The molecule has 16 heavy (non-hydrogen) atoms. The highest BCUT2D eigenvalue weighted by atomic mass is 32.2. The van der Waals surface area contributed by atoms with Gasteiger partial charge < -0.3 is 5.11 Å². The molecule has 1 N–H and O–H groups in total. The molecule has 1 saturated carbocycles. The highest BCUT2D eigenvalue weighted by Crippen LogP contribution is 2.31. The first kappa shape index (κ1) is 12.0. The molecule has 0 spiro atoms. The molecule has 6 heteroatoms. The fourth-order valence-corrected chi connectivity index (χ4v) is 4.59. The van der Waals surface area contributed by atoms with Gasteiger partial charge in [-0.05, 0) is 24.3 Å². The van der Waals surface area contributed by atoms with Crippen LogP contribution in [0.25, 0.3) is 0 Å². The number of aliphatic hydroxyl groups is 1. The fourth-order valence-electron chi connectivity index (χ4n) is 1.80. The van der Waals surface area contributed by atoms with E-state index in [4.69, 9.17) is 5.11 Å². The molecular weight excluding hydrogens is 246 g/mol. The van der Waals surface area contributed by atoms with Crippen molar-refractivity contribution < 1.29 is 13.5 Å². The first-order valence-corrected chi connectivity index (χ1v) is 7.64. The van der Waals surface area contributed by atoms with E-state index in [2.05, 4.69) is 0 Å². The summed E-state index contributed by atoms with van der Waals surface area (Å²) >= 11 is 1.22. The first-order valence-electron chi connectivity index (χ1n) is 5.32. The Bertz CT molecular complexity index is 423. The predicted molar refractivity (Wildman–Crippen MR) is 62.9 cm³/mol. The third kappa shape index (κ3) is 2.15. The van der Waals surface area contributed by atoms with Crippen LogP contribution in [0.15, 0.2) is 21.7 Å². The summed E-state index contributed by atoms with van der Waals surface area (Å²) in [5, 5.41) is 10.7. The van der Waals surface area contributed by atoms with Crippen molar-refractivity contribution in [2.75, 3.05) is 13.2 Å². The highest BCUT2D eigenvalue weighted by Gasteiger charge is 2.34. The topological polar surface area (TPSA) is 57.6 Å². The van der Waals surface area contributed by atoms with Crippen molar-refractivity contribution in [1.29, 1.82) is 0 Å². The van der Waals surface area contributed by atoms with Crippen LogP contribution in [0.5, 0.6) is 0 Å². The summed E-state index contributed by atoms with van der Waals surface area (Å²) in [5.41, 5.74) is 0. The summed E-state index contributed by atoms with van der Waals surface area (Å²) in [7, 11) is -3.39. The molecule has 1 aliphatic rings. The van der Waals surface area contributed by atoms with E-state index in [1.54, 1.807) is 17.5 Å². The van der Waals surface area contributed by atoms with E-state index < -0.39 is 10.0 Å². The average molecular weight is 261 g/mol. The standard InChI is InChI=1S/C10H15NO3S2/c12-7-6-11(9-3-1-4-9)16(13,14)10-5-2-8-15-10/h2,5,8-9,12H,1,3-4,6-7H2. The summed E-state index contributed by atoms with van der Waals surface area (Å²) < 4.78 is 26.3. The van der Waals surface area contributed by atoms with Crippen LogP contribution in [-0.2, 0) is 10.0 Å². The van der Waals surface area contributed by atoms with Gasteiger partial charge >= 0.3 is 0 Å². The number of rotatable bonds is 5. The van der Waals surface area contributed by atoms with E-state index in [1.165, 1.54) is 15.6 Å². The van der Waals surface area contributed by atoms with Crippen LogP contribution in [-0.4, -0.2) is 37.0 Å². The lowest BCUT2D eigenvalue weighted by Gasteiger charge is -2.35. The van der Waals surface area contributed by atoms with Crippen LogP contribution < -0.4 is 0 Å². The summed E-state index contributed by atoms with van der Waals surface area (Å²) in [6.45, 7) is 0.0754. The largest absolute Gasteiger partial charge is 0.395 e. The van der Waals surface area contributed by atoms with Gasteiger partial charge in [-0.25, -0.2) is 8.42 Å². The van der Waals surface area contributed by atoms with Gasteiger partial charge in [0.15, 0.2) is 0 Å². The minimum atomic E-state index is -3.39. The quantitative estimate of drug-likeness (QED) is 0.868. The lowest BCUT2D eigenvalue weighted by molar-refractivity contribution is 0.178. The van der Waals surface area contributed by atoms with Gasteiger partial charge in [-0.1, -0.05) is 12.5 Å². The maximum Gasteiger partial charge on any atom is 0.252 e. The third-order valence-electron chi connectivity index (χ3n) is 2.86. The number of nitrogens with zero attached hydrogens (tertiary/aromatic N) is 1. The highest BCUT2D eigenvalue weighted by molar-refractivity contribution is 7.91. The van der Waals surface area contributed by atoms with Crippen molar-refractivity contribution >= 4 is 21.4 Å². The molecule has 1 heterocycles. The molecule has 0 aliphatic heterocycles. The molecule has 0 atom stereocenters. The second-order valence-electron chi connectivity index (χ2n) is 3.86. The predicted octanol–water partition coefficient (Wildman–Crippen LogP) is 1.28. The minimum absolute atomic E-state index is 0.0826. The van der Waals surface area contributed by atoms with Gasteiger partial charge in [0, 0.05) is 12.6 Å². The fraction of sp³-hybridized carbons (Fsp3) is 0.600. The third-order valence-corrected chi connectivity index (χ3v) is 6.19. The molecule has 1 aliphatic carbocycles. The smallest absolute Gasteiger partial charge is 0.252 e. The summed E-state index contributed by atoms with van der Waals surface area (Å²) in [5.74, 6) is 0. The Morgan fingerprint density at radius 1 is 1.50 bits per heavy atom. The SMILES string of the molecule is O=S(=O)(c1cccs1)N(CCO)C1CCC1. The van der Waals surface area contributed by atoms with Crippen molar-refractivity contribution in [3.05, 3.63) is 17.5 Å². The Labute approximate surface area is 99.6 Å². The van der Waals surface area contributed by atoms with Gasteiger partial charge in [-0.15, -0.1) is 11.3 Å². The maximum atomic E-state index is 12.2. The second-order valence-corrected chi connectivity index (χ2v) is 6.92. The molecule has 0 bridgehead atoms. The van der Waals surface area contributed by atoms with E-state index in [0.717, 1.165) is 19.3 Å². The molecule has 2 rings (SSSR count). The molecule has 1 aromatic heterocycles. The van der Waals surface area contributed by atoms with Crippen LogP contribution >= 0.6 is 11.3 Å². The van der Waals surface area contributed by atoms with Gasteiger partial charge in [-0.3, -0.25) is 0 Å². The van der Waals surface area contributed by atoms with Gasteiger partial charge in [0.2, 0.25) is 0 Å². The van der Waals surface area contributed by atoms with Gasteiger partial charge in [0.05, 0.1) is 6.61 Å². The van der Waals surface area contributed by atoms with Crippen LogP contribution in [0.3, 0.4) is 0 Å². The second kappa shape index (κ2) is 4.83. The Hall–Kier alpha value is -0.430. The zero-order valence-electron chi connectivity index (χ0n) is 8.87. The molecule has 0 radical (unpaired) electrons. The van der Waals surface area contributed by atoms with Crippen molar-refractivity contribution in [3.63, 3.8) is 0 Å². The lowest BCUT2D eigenvalue weighted by atomic mass is 9.93. The van der Waals surface area contributed by atoms with Crippen molar-refractivity contribution in [1.82, 2.24) is 4.31 Å². The first-order chi connectivity index (χ1) is 7.66. The molecule has 1 fully saturated rings. The summed E-state index contributed by atoms with van der Waals surface area (Å²) in [4.78, 5) is 0. The van der Waals surface area contributed by atoms with Crippen LogP contribution in [0.4, 0.5) is 0 Å². The number of aliphatic hydroxyl groups excluding tert-OH is 1. The number of hydrogen-bond donors (Lipinski definition) is 1. The van der Waals surface area contributed by atoms with E-state index in [1.807, 2.05) is 0 Å². The number of hydrogen-bond acceptors (Lipinski definition) is 4. The van der Waals surface area contributed by atoms with Gasteiger partial charge in [-0.2, -0.15) is 4.31 Å². The number of sulfonamides is 1. The molecule has 4 nitrogen and oxygen atoms in total. The summed E-state index contributed by atoms with van der Waals surface area (Å²) in [6.07, 6.45) is 2.89. The molecule has 0 aromatic carbocycles. The van der Waals surface area contributed by atoms with E-state index in [9.17, 15) is 8.42 Å². The lowest BCUT2D eigenvalue weighted by Crippen LogP contribution is -2.45. The van der Waals surface area contributed by atoms with Gasteiger partial charge in [0.1, 0.15) is 4.21 Å². The average Bonchev–Trinajstić information content (AvgIpc) is 2.67. The Morgan fingerprint density at radius 2 is 2.25 bits per heavy atom. The van der Waals surface area contributed by atoms with Crippen molar-refractivity contribution in [2.45, 2.75) is 29.5 Å². The molecule has 0 amide bonds. The molecule has 1 aromatic rings. The zero-order valence-corrected chi connectivity index (χ0v) is 10.5. The van der Waals surface area contributed by atoms with Crippen LogP contribution in [0, 0.1) is 0 Å². The molecule has 0 unspecified atom stereocenters. The Morgan fingerprint density at radius 3 is 2.69 bits per heavy atom. The molecule has 0 saturated heterocycles. The number of thiophene rings is 1. The monoisotopic (exact) mass is 261 g/mol. The Balaban J connectivity index is 2.24. The van der Waals surface area contributed by atoms with E-state index >= 15 is 0 Å². The normalized spacial score (nSPS) is 17.6. The van der Waals surface area contributed by atoms with Crippen LogP contribution in [0.1, 0.15) is 19.3 Å². The molecular formula is C10H15NO3S2. The molecule has 90 valence electrons. The maximum absolute atomic E-state index is 12.2. The van der Waals surface area contributed by atoms with Crippen molar-refractivity contribution in [3.8, 4) is 0 Å². The van der Waals surface area contributed by atoms with E-state index in [-0.39, 0.29) is 19.2 Å². The van der Waals surface area contributed by atoms with Gasteiger partial charge in [0.25, 0.3) is 10.0 Å². The Kier molecular flexibility index (Phi) is 3.63. The van der Waals surface area contributed by atoms with Crippen LogP contribution in [0.2, 0.25) is 0 Å². The minimum Gasteiger partial charge on any atom is -0.395 e. The van der Waals surface area contributed by atoms with E-state index in [0.29, 0.717) is 4.21 Å². The summed E-state index contributed by atoms with van der Waals surface area (Å²) in [6, 6.07) is 3.43. The van der Waals surface area contributed by atoms with Crippen molar-refractivity contribution in [2.24, 2.45) is 0 Å².